The molecule has 3 aliphatic heterocycles. The number of esters is 1. The molecule has 0 aromatic heterocycles. The van der Waals surface area contributed by atoms with Crippen molar-refractivity contribution in [3.05, 3.63) is 47.6 Å². The number of Topliss-reactive ketones (excluding diaryl/α,β-unsaturated/α-hetero) is 3. The lowest BCUT2D eigenvalue weighted by Crippen LogP contribution is -2.61. The summed E-state index contributed by atoms with van der Waals surface area (Å²) in [4.78, 5) is 71.8. The second kappa shape index (κ2) is 25.1. The van der Waals surface area contributed by atoms with Crippen LogP contribution in [0.1, 0.15) is 126 Å². The minimum Gasteiger partial charge on any atom is -0.460 e. The molecule has 4 rings (SSSR count). The number of nitrogens with zero attached hydrogens (tertiary/aromatic N) is 1. The number of fused-ring (bicyclic) bond motifs is 3. The summed E-state index contributed by atoms with van der Waals surface area (Å²) in [5.41, 5.74) is 1.27. The molecule has 1 aliphatic carbocycles. The van der Waals surface area contributed by atoms with E-state index in [1.807, 2.05) is 58.1 Å². The fraction of sp³-hybridized carbons (Fsp3) is 0.745. The number of cyclic esters (lactones) is 1. The molecule has 0 aromatic carbocycles. The summed E-state index contributed by atoms with van der Waals surface area (Å²) in [5, 5.41) is 33.8. The normalized spacial score (nSPS) is 39.1. The third-order valence-corrected chi connectivity index (χ3v) is 14.5. The third-order valence-electron chi connectivity index (χ3n) is 14.5. The van der Waals surface area contributed by atoms with E-state index < -0.39 is 83.9 Å². The first kappa shape index (κ1) is 54.2. The number of allylic oxidation sites excluding steroid dienone is 6. The van der Waals surface area contributed by atoms with E-state index >= 15 is 0 Å². The highest BCUT2D eigenvalue weighted by Gasteiger charge is 2.53. The van der Waals surface area contributed by atoms with Gasteiger partial charge in [0.25, 0.3) is 11.7 Å². The van der Waals surface area contributed by atoms with Crippen LogP contribution in [0.25, 0.3) is 0 Å². The monoisotopic (exact) mass is 914 g/mol. The van der Waals surface area contributed by atoms with Gasteiger partial charge in [0, 0.05) is 58.5 Å². The van der Waals surface area contributed by atoms with Crippen LogP contribution in [0.2, 0.25) is 0 Å². The van der Waals surface area contributed by atoms with Gasteiger partial charge in [-0.1, -0.05) is 71.1 Å². The van der Waals surface area contributed by atoms with Gasteiger partial charge in [-0.2, -0.15) is 0 Å². The lowest BCUT2D eigenvalue weighted by Gasteiger charge is -2.42. The van der Waals surface area contributed by atoms with E-state index in [4.69, 9.17) is 23.7 Å². The molecule has 15 atom stereocenters. The lowest BCUT2D eigenvalue weighted by atomic mass is 9.78. The number of carbonyl (C=O) groups is 5. The van der Waals surface area contributed by atoms with Crippen LogP contribution in [0.15, 0.2) is 47.6 Å². The topological polar surface area (TPSA) is 195 Å². The van der Waals surface area contributed by atoms with Gasteiger partial charge in [-0.25, -0.2) is 4.79 Å². The molecule has 0 radical (unpaired) electrons. The lowest BCUT2D eigenvalue weighted by molar-refractivity contribution is -0.265. The quantitative estimate of drug-likeness (QED) is 0.156. The van der Waals surface area contributed by atoms with Crippen molar-refractivity contribution < 1.29 is 63.0 Å². The van der Waals surface area contributed by atoms with Gasteiger partial charge in [-0.15, -0.1) is 0 Å². The number of methoxy groups -OCH3 is 3. The number of carbonyl (C=O) groups excluding carboxylic acids is 5. The van der Waals surface area contributed by atoms with E-state index in [1.54, 1.807) is 41.1 Å². The number of ether oxygens (including phenoxy) is 5. The summed E-state index contributed by atoms with van der Waals surface area (Å²) < 4.78 is 29.4. The molecular weight excluding hydrogens is 835 g/mol. The van der Waals surface area contributed by atoms with E-state index in [1.165, 1.54) is 12.0 Å². The number of hydrogen-bond donors (Lipinski definition) is 3. The van der Waals surface area contributed by atoms with Crippen LogP contribution < -0.4 is 0 Å². The van der Waals surface area contributed by atoms with E-state index in [2.05, 4.69) is 0 Å². The Bertz CT molecular complexity index is 1760. The smallest absolute Gasteiger partial charge is 0.329 e. The molecule has 366 valence electrons. The van der Waals surface area contributed by atoms with Crippen molar-refractivity contribution in [1.29, 1.82) is 0 Å². The summed E-state index contributed by atoms with van der Waals surface area (Å²) in [5.74, 6) is -7.96. The van der Waals surface area contributed by atoms with Gasteiger partial charge in [0.05, 0.1) is 24.4 Å². The minimum absolute atomic E-state index is 0.0193. The van der Waals surface area contributed by atoms with Gasteiger partial charge in [0.15, 0.2) is 5.78 Å². The predicted octanol–water partition coefficient (Wildman–Crippen LogP) is 6.18. The van der Waals surface area contributed by atoms with Crippen LogP contribution in [-0.4, -0.2) is 132 Å². The van der Waals surface area contributed by atoms with E-state index in [-0.39, 0.29) is 54.8 Å². The SMILES string of the molecule is CO[C@H]1C[C@@H]2CC[C@@H](C)[C@@](O)(O2)C(=O)C(=O)N2CCCCC2C(=O)O[C@H]([C@H](C)CC2CC[C@@H](O)[C@H](OC)C2)CC(=O)[C@H](C)/C=C(\C)[C@@H](O)[C@@H](OC)C(=O)[C@H](C)C[C@H](C)/C=C/C=CC=C1C. The molecular formula is C51H79NO13. The maximum absolute atomic E-state index is 14.4. The molecule has 2 unspecified atom stereocenters. The fourth-order valence-corrected chi connectivity index (χ4v) is 10.1. The molecule has 65 heavy (non-hydrogen) atoms. The van der Waals surface area contributed by atoms with Crippen LogP contribution in [-0.2, 0) is 47.7 Å². The second-order valence-corrected chi connectivity index (χ2v) is 19.6. The number of aliphatic hydroxyl groups is 3. The van der Waals surface area contributed by atoms with Gasteiger partial charge >= 0.3 is 5.97 Å². The number of amides is 1. The van der Waals surface area contributed by atoms with Crippen molar-refractivity contribution in [3.8, 4) is 0 Å². The summed E-state index contributed by atoms with van der Waals surface area (Å²) in [7, 11) is 4.52. The van der Waals surface area contributed by atoms with Crippen LogP contribution in [0, 0.1) is 35.5 Å². The van der Waals surface area contributed by atoms with E-state index in [0.717, 1.165) is 12.0 Å². The summed E-state index contributed by atoms with van der Waals surface area (Å²) in [6.45, 7) is 12.7. The molecule has 2 saturated heterocycles. The van der Waals surface area contributed by atoms with Gasteiger partial charge < -0.3 is 43.9 Å². The molecule has 3 N–H and O–H groups in total. The number of ketones is 3. The zero-order valence-electron chi connectivity index (χ0n) is 40.6. The molecule has 14 nitrogen and oxygen atoms in total. The van der Waals surface area contributed by atoms with E-state index in [9.17, 15) is 39.3 Å². The summed E-state index contributed by atoms with van der Waals surface area (Å²) >= 11 is 0. The fourth-order valence-electron chi connectivity index (χ4n) is 10.1. The maximum atomic E-state index is 14.4. The van der Waals surface area contributed by atoms with Crippen molar-refractivity contribution in [2.45, 2.75) is 180 Å². The largest absolute Gasteiger partial charge is 0.460 e. The summed E-state index contributed by atoms with van der Waals surface area (Å²) in [6, 6.07) is -1.14. The highest BCUT2D eigenvalue weighted by Crippen LogP contribution is 2.38. The molecule has 1 saturated carbocycles. The number of aliphatic hydroxyl groups excluding tert-OH is 2. The van der Waals surface area contributed by atoms with E-state index in [0.29, 0.717) is 63.4 Å². The highest BCUT2D eigenvalue weighted by molar-refractivity contribution is 6.39. The van der Waals surface area contributed by atoms with Crippen molar-refractivity contribution in [2.75, 3.05) is 27.9 Å². The molecule has 3 fully saturated rings. The van der Waals surface area contributed by atoms with Crippen molar-refractivity contribution in [1.82, 2.24) is 4.90 Å². The highest BCUT2D eigenvalue weighted by atomic mass is 16.6. The Morgan fingerprint density at radius 2 is 1.57 bits per heavy atom. The van der Waals surface area contributed by atoms with Gasteiger partial charge in [0.1, 0.15) is 30.1 Å². The molecule has 3 heterocycles. The van der Waals surface area contributed by atoms with Crippen LogP contribution in [0.4, 0.5) is 0 Å². The van der Waals surface area contributed by atoms with Crippen molar-refractivity contribution in [2.24, 2.45) is 35.5 Å². The molecule has 0 aromatic rings. The molecule has 0 spiro atoms. The van der Waals surface area contributed by atoms with Crippen LogP contribution in [0.3, 0.4) is 0 Å². The molecule has 1 amide bonds. The first-order valence-electron chi connectivity index (χ1n) is 23.9. The third kappa shape index (κ3) is 14.3. The maximum Gasteiger partial charge on any atom is 0.329 e. The first-order chi connectivity index (χ1) is 30.7. The predicted molar refractivity (Wildman–Crippen MR) is 245 cm³/mol. The Hall–Kier alpha value is -3.37. The van der Waals surface area contributed by atoms with Gasteiger partial charge in [0.2, 0.25) is 5.79 Å². The second-order valence-electron chi connectivity index (χ2n) is 19.6. The van der Waals surface area contributed by atoms with Crippen molar-refractivity contribution in [3.63, 3.8) is 0 Å². The minimum atomic E-state index is -2.43. The molecule has 14 heteroatoms. The van der Waals surface area contributed by atoms with Gasteiger partial charge in [-0.3, -0.25) is 19.2 Å². The van der Waals surface area contributed by atoms with Crippen molar-refractivity contribution >= 4 is 29.2 Å². The van der Waals surface area contributed by atoms with Crippen LogP contribution in [0.5, 0.6) is 0 Å². The number of rotatable bonds is 6. The average Bonchev–Trinajstić information content (AvgIpc) is 3.28. The zero-order valence-corrected chi connectivity index (χ0v) is 40.6. The molecule has 2 bridgehead atoms. The number of hydrogen-bond acceptors (Lipinski definition) is 13. The van der Waals surface area contributed by atoms with Gasteiger partial charge in [-0.05, 0) is 107 Å². The average molecular weight is 914 g/mol. The molecule has 4 aliphatic rings. The standard InChI is InChI=1S/C51H79NO13/c1-30-16-12-11-13-17-31(2)42(61-8)28-38-21-19-36(7)51(60,65-38)48(57)49(58)52-23-15-14-18-39(52)50(59)64-43(33(4)26-37-20-22-40(53)44(27-37)62-9)29-41(54)32(3)25-35(6)46(56)47(63-10)45(55)34(5)24-30/h11-13,16-17,25,30,32-34,36-40,42-44,46-47,53,56,60H,14-15,18-24,26-29H2,1-10H3/b13-11?,16-12+,31-17?,35-25+/t30-,32-,33-,34-,36-,37?,38+,39?,40-,42+,43+,44-,46-,47+,51-/m1/s1. The Labute approximate surface area is 387 Å². The Balaban J connectivity index is 1.70. The first-order valence-corrected chi connectivity index (χ1v) is 23.9. The Morgan fingerprint density at radius 3 is 2.25 bits per heavy atom. The number of piperidine rings is 1. The Morgan fingerprint density at radius 1 is 0.846 bits per heavy atom. The summed E-state index contributed by atoms with van der Waals surface area (Å²) in [6.07, 6.45) is 11.2. The zero-order chi connectivity index (χ0) is 48.2. The Kier molecular flexibility index (Phi) is 21.0. The van der Waals surface area contributed by atoms with Crippen LogP contribution >= 0.6 is 0 Å².